The molecular weight excluding hydrogens is 270 g/mol. The summed E-state index contributed by atoms with van der Waals surface area (Å²) in [5, 5.41) is 8.69. The molecule has 0 bridgehead atoms. The molecule has 0 atom stereocenters. The zero-order valence-electron chi connectivity index (χ0n) is 7.80. The minimum atomic E-state index is -2.94. The number of nitriles is 1. The number of hydrogen-bond acceptors (Lipinski definition) is 3. The van der Waals surface area contributed by atoms with Crippen LogP contribution in [0.5, 0.6) is 5.88 Å². The normalized spacial score (nSPS) is 10.9. The summed E-state index contributed by atoms with van der Waals surface area (Å²) in [6.45, 7) is -0.0613. The van der Waals surface area contributed by atoms with E-state index in [1.807, 2.05) is 6.07 Å². The highest BCUT2D eigenvalue weighted by atomic mass is 79.9. The Kier molecular flexibility index (Phi) is 3.58. The Morgan fingerprint density at radius 2 is 2.33 bits per heavy atom. The molecule has 0 unspecified atom stereocenters. The Hall–Kier alpha value is -1.22. The first-order chi connectivity index (χ1) is 6.92. The van der Waals surface area contributed by atoms with E-state index in [-0.39, 0.29) is 11.4 Å². The molecule has 1 aromatic heterocycles. The van der Waals surface area contributed by atoms with E-state index in [2.05, 4.69) is 20.9 Å². The summed E-state index contributed by atoms with van der Waals surface area (Å²) in [6, 6.07) is 3.26. The van der Waals surface area contributed by atoms with Gasteiger partial charge in [-0.2, -0.15) is 5.26 Å². The Bertz CT molecular complexity index is 398. The van der Waals surface area contributed by atoms with Crippen LogP contribution in [0.1, 0.15) is 12.5 Å². The van der Waals surface area contributed by atoms with Crippen LogP contribution in [-0.4, -0.2) is 17.5 Å². The molecule has 15 heavy (non-hydrogen) atoms. The van der Waals surface area contributed by atoms with E-state index in [4.69, 9.17) is 10.00 Å². The van der Waals surface area contributed by atoms with E-state index in [0.717, 1.165) is 6.92 Å². The molecule has 0 spiro atoms. The van der Waals surface area contributed by atoms with Gasteiger partial charge in [0.15, 0.2) is 6.61 Å². The second-order valence-electron chi connectivity index (χ2n) is 2.98. The fourth-order valence-electron chi connectivity index (χ4n) is 0.817. The molecule has 1 heterocycles. The molecule has 0 aliphatic heterocycles. The fraction of sp³-hybridized carbons (Fsp3) is 0.333. The topological polar surface area (TPSA) is 45.9 Å². The standard InChI is InChI=1S/C9H7BrF2N2O/c1-9(11,12)5-15-8-6(3-13)2-7(10)4-14-8/h2,4H,5H2,1H3. The molecule has 0 aliphatic carbocycles. The van der Waals surface area contributed by atoms with Crippen molar-refractivity contribution in [2.45, 2.75) is 12.8 Å². The molecule has 3 nitrogen and oxygen atoms in total. The van der Waals surface area contributed by atoms with E-state index in [0.29, 0.717) is 4.47 Å². The average molecular weight is 277 g/mol. The summed E-state index contributed by atoms with van der Waals surface area (Å²) in [5.41, 5.74) is 0.119. The second kappa shape index (κ2) is 4.53. The van der Waals surface area contributed by atoms with Gasteiger partial charge in [0.1, 0.15) is 11.6 Å². The first-order valence-corrected chi connectivity index (χ1v) is 4.78. The number of nitrogens with zero attached hydrogens (tertiary/aromatic N) is 2. The highest BCUT2D eigenvalue weighted by Crippen LogP contribution is 2.21. The Morgan fingerprint density at radius 1 is 1.67 bits per heavy atom. The van der Waals surface area contributed by atoms with Crippen LogP contribution >= 0.6 is 15.9 Å². The molecule has 0 aliphatic rings. The minimum Gasteiger partial charge on any atom is -0.470 e. The largest absolute Gasteiger partial charge is 0.470 e. The van der Waals surface area contributed by atoms with Crippen LogP contribution in [0.25, 0.3) is 0 Å². The number of aromatic nitrogens is 1. The summed E-state index contributed by atoms with van der Waals surface area (Å²) < 4.78 is 30.3. The lowest BCUT2D eigenvalue weighted by Crippen LogP contribution is -2.21. The quantitative estimate of drug-likeness (QED) is 0.853. The summed E-state index contributed by atoms with van der Waals surface area (Å²) >= 11 is 3.11. The van der Waals surface area contributed by atoms with Gasteiger partial charge in [-0.25, -0.2) is 13.8 Å². The van der Waals surface area contributed by atoms with Crippen molar-refractivity contribution >= 4 is 15.9 Å². The van der Waals surface area contributed by atoms with Gasteiger partial charge in [-0.05, 0) is 22.0 Å². The van der Waals surface area contributed by atoms with Gasteiger partial charge < -0.3 is 4.74 Å². The monoisotopic (exact) mass is 276 g/mol. The molecule has 1 aromatic rings. The molecule has 0 saturated carbocycles. The van der Waals surface area contributed by atoms with Crippen molar-refractivity contribution in [3.8, 4) is 11.9 Å². The van der Waals surface area contributed by atoms with Crippen LogP contribution in [0.4, 0.5) is 8.78 Å². The van der Waals surface area contributed by atoms with Gasteiger partial charge in [-0.3, -0.25) is 0 Å². The molecule has 0 amide bonds. The summed E-state index contributed by atoms with van der Waals surface area (Å²) in [4.78, 5) is 3.73. The van der Waals surface area contributed by atoms with Gasteiger partial charge in [0, 0.05) is 17.6 Å². The van der Waals surface area contributed by atoms with E-state index in [1.54, 1.807) is 0 Å². The molecular formula is C9H7BrF2N2O. The number of alkyl halides is 2. The van der Waals surface area contributed by atoms with Crippen molar-refractivity contribution in [3.05, 3.63) is 22.3 Å². The van der Waals surface area contributed by atoms with Crippen LogP contribution in [0, 0.1) is 11.3 Å². The number of hydrogen-bond donors (Lipinski definition) is 0. The third-order valence-electron chi connectivity index (χ3n) is 1.40. The van der Waals surface area contributed by atoms with Gasteiger partial charge >= 0.3 is 0 Å². The first kappa shape index (κ1) is 11.9. The molecule has 0 saturated heterocycles. The van der Waals surface area contributed by atoms with Crippen molar-refractivity contribution in [2.75, 3.05) is 6.61 Å². The number of ether oxygens (including phenoxy) is 1. The molecule has 0 aromatic carbocycles. The molecule has 80 valence electrons. The van der Waals surface area contributed by atoms with Gasteiger partial charge in [0.2, 0.25) is 5.88 Å². The summed E-state index contributed by atoms with van der Waals surface area (Å²) in [6.07, 6.45) is 1.38. The highest BCUT2D eigenvalue weighted by molar-refractivity contribution is 9.10. The van der Waals surface area contributed by atoms with Crippen molar-refractivity contribution in [3.63, 3.8) is 0 Å². The molecule has 0 fully saturated rings. The van der Waals surface area contributed by atoms with Gasteiger partial charge in [-0.1, -0.05) is 0 Å². The number of rotatable bonds is 3. The molecule has 6 heteroatoms. The zero-order chi connectivity index (χ0) is 11.5. The van der Waals surface area contributed by atoms with E-state index in [1.165, 1.54) is 12.3 Å². The van der Waals surface area contributed by atoms with Crippen LogP contribution in [0.15, 0.2) is 16.7 Å². The number of pyridine rings is 1. The molecule has 1 rings (SSSR count). The predicted octanol–water partition coefficient (Wildman–Crippen LogP) is 2.75. The van der Waals surface area contributed by atoms with Crippen LogP contribution in [-0.2, 0) is 0 Å². The average Bonchev–Trinajstić information content (AvgIpc) is 2.14. The van der Waals surface area contributed by atoms with E-state index < -0.39 is 12.5 Å². The Balaban J connectivity index is 2.82. The van der Waals surface area contributed by atoms with Crippen molar-refractivity contribution in [1.29, 1.82) is 5.26 Å². The summed E-state index contributed by atoms with van der Waals surface area (Å²) in [5.74, 6) is -3.02. The van der Waals surface area contributed by atoms with Crippen molar-refractivity contribution < 1.29 is 13.5 Å². The van der Waals surface area contributed by atoms with Crippen molar-refractivity contribution in [1.82, 2.24) is 4.98 Å². The lowest BCUT2D eigenvalue weighted by atomic mass is 10.3. The maximum Gasteiger partial charge on any atom is 0.278 e. The smallest absolute Gasteiger partial charge is 0.278 e. The lowest BCUT2D eigenvalue weighted by Gasteiger charge is -2.11. The molecule has 0 radical (unpaired) electrons. The fourth-order valence-corrected chi connectivity index (χ4v) is 1.15. The van der Waals surface area contributed by atoms with Gasteiger partial charge in [0.25, 0.3) is 5.92 Å². The van der Waals surface area contributed by atoms with E-state index in [9.17, 15) is 8.78 Å². The van der Waals surface area contributed by atoms with Crippen LogP contribution in [0.3, 0.4) is 0 Å². The highest BCUT2D eigenvalue weighted by Gasteiger charge is 2.23. The van der Waals surface area contributed by atoms with Gasteiger partial charge in [-0.15, -0.1) is 0 Å². The predicted molar refractivity (Wildman–Crippen MR) is 52.8 cm³/mol. The van der Waals surface area contributed by atoms with E-state index >= 15 is 0 Å². The second-order valence-corrected chi connectivity index (χ2v) is 3.89. The number of halogens is 3. The van der Waals surface area contributed by atoms with Gasteiger partial charge in [0.05, 0.1) is 0 Å². The SMILES string of the molecule is CC(F)(F)COc1ncc(Br)cc1C#N. The molecule has 0 N–H and O–H groups in total. The van der Waals surface area contributed by atoms with Crippen LogP contribution < -0.4 is 4.74 Å². The lowest BCUT2D eigenvalue weighted by molar-refractivity contribution is -0.0243. The third-order valence-corrected chi connectivity index (χ3v) is 1.83. The first-order valence-electron chi connectivity index (χ1n) is 3.98. The van der Waals surface area contributed by atoms with Crippen molar-refractivity contribution in [2.24, 2.45) is 0 Å². The maximum atomic E-state index is 12.5. The Morgan fingerprint density at radius 3 is 2.87 bits per heavy atom. The minimum absolute atomic E-state index is 0.0813. The summed E-state index contributed by atoms with van der Waals surface area (Å²) in [7, 11) is 0. The zero-order valence-corrected chi connectivity index (χ0v) is 9.38. The maximum absolute atomic E-state index is 12.5. The third kappa shape index (κ3) is 3.80. The Labute approximate surface area is 93.8 Å². The van der Waals surface area contributed by atoms with Crippen LogP contribution in [0.2, 0.25) is 0 Å².